The SMILES string of the molecule is Cn1ncc2c(-c3ccc(NC(=O)Nc4cccc(C(F)(F)F)c4)cc3)cc(C3CCCCC3)nc21. The van der Waals surface area contributed by atoms with E-state index in [1.807, 2.05) is 25.4 Å². The summed E-state index contributed by atoms with van der Waals surface area (Å²) in [6.45, 7) is 0. The molecule has 2 N–H and O–H groups in total. The number of aryl methyl sites for hydroxylation is 1. The average Bonchev–Trinajstić information content (AvgIpc) is 3.25. The van der Waals surface area contributed by atoms with Gasteiger partial charge in [-0.1, -0.05) is 37.5 Å². The van der Waals surface area contributed by atoms with Crippen molar-refractivity contribution < 1.29 is 18.0 Å². The molecule has 0 saturated heterocycles. The fourth-order valence-electron chi connectivity index (χ4n) is 4.78. The van der Waals surface area contributed by atoms with Crippen LogP contribution in [-0.4, -0.2) is 20.8 Å². The van der Waals surface area contributed by atoms with Crippen LogP contribution in [0.1, 0.15) is 49.3 Å². The van der Waals surface area contributed by atoms with Crippen LogP contribution in [-0.2, 0) is 13.2 Å². The topological polar surface area (TPSA) is 71.8 Å². The Bertz CT molecular complexity index is 1390. The number of fused-ring (bicyclic) bond motifs is 1. The number of aromatic nitrogens is 3. The highest BCUT2D eigenvalue weighted by molar-refractivity contribution is 6.00. The maximum Gasteiger partial charge on any atom is 0.416 e. The second kappa shape index (κ2) is 9.64. The monoisotopic (exact) mass is 493 g/mol. The van der Waals surface area contributed by atoms with Gasteiger partial charge in [0, 0.05) is 35.4 Å². The quantitative estimate of drug-likeness (QED) is 0.312. The van der Waals surface area contributed by atoms with Crippen molar-refractivity contribution in [3.05, 3.63) is 72.1 Å². The zero-order valence-corrected chi connectivity index (χ0v) is 19.8. The summed E-state index contributed by atoms with van der Waals surface area (Å²) in [7, 11) is 1.89. The van der Waals surface area contributed by atoms with E-state index in [-0.39, 0.29) is 5.69 Å². The number of alkyl halides is 3. The highest BCUT2D eigenvalue weighted by Crippen LogP contribution is 2.36. The zero-order chi connectivity index (χ0) is 25.3. The number of anilines is 2. The number of hydrogen-bond acceptors (Lipinski definition) is 3. The second-order valence-electron chi connectivity index (χ2n) is 9.17. The standard InChI is InChI=1S/C27H26F3N5O/c1-35-25-23(16-31-35)22(15-24(34-25)18-6-3-2-4-7-18)17-10-12-20(13-11-17)32-26(36)33-21-9-5-8-19(14-21)27(28,29)30/h5,8-16,18H,2-4,6-7H2,1H3,(H2,32,33,36). The van der Waals surface area contributed by atoms with Gasteiger partial charge >= 0.3 is 12.2 Å². The Morgan fingerprint density at radius 2 is 1.69 bits per heavy atom. The Labute approximate surface area is 206 Å². The van der Waals surface area contributed by atoms with Gasteiger partial charge in [0.2, 0.25) is 0 Å². The molecule has 2 aromatic carbocycles. The van der Waals surface area contributed by atoms with Gasteiger partial charge in [-0.2, -0.15) is 18.3 Å². The molecule has 6 nitrogen and oxygen atoms in total. The lowest BCUT2D eigenvalue weighted by molar-refractivity contribution is -0.137. The molecule has 2 aromatic heterocycles. The van der Waals surface area contributed by atoms with Gasteiger partial charge in [-0.3, -0.25) is 4.68 Å². The van der Waals surface area contributed by atoms with Crippen LogP contribution in [0.2, 0.25) is 0 Å². The smallest absolute Gasteiger partial charge is 0.308 e. The van der Waals surface area contributed by atoms with Crippen molar-refractivity contribution in [2.45, 2.75) is 44.2 Å². The Hall–Kier alpha value is -3.88. The van der Waals surface area contributed by atoms with Crippen LogP contribution < -0.4 is 10.6 Å². The number of hydrogen-bond donors (Lipinski definition) is 2. The zero-order valence-electron chi connectivity index (χ0n) is 19.8. The summed E-state index contributed by atoms with van der Waals surface area (Å²) in [4.78, 5) is 17.3. The number of benzene rings is 2. The number of halogens is 3. The van der Waals surface area contributed by atoms with Gasteiger partial charge in [-0.25, -0.2) is 9.78 Å². The highest BCUT2D eigenvalue weighted by atomic mass is 19.4. The molecular formula is C27H26F3N5O. The summed E-state index contributed by atoms with van der Waals surface area (Å²) >= 11 is 0. The van der Waals surface area contributed by atoms with Crippen LogP contribution in [0, 0.1) is 0 Å². The van der Waals surface area contributed by atoms with E-state index in [1.165, 1.54) is 31.4 Å². The van der Waals surface area contributed by atoms with E-state index in [1.54, 1.807) is 16.8 Å². The molecule has 1 saturated carbocycles. The third-order valence-corrected chi connectivity index (χ3v) is 6.65. The molecule has 0 unspecified atom stereocenters. The molecular weight excluding hydrogens is 467 g/mol. The number of amides is 2. The number of rotatable bonds is 4. The minimum absolute atomic E-state index is 0.0601. The van der Waals surface area contributed by atoms with E-state index in [2.05, 4.69) is 21.8 Å². The first-order chi connectivity index (χ1) is 17.3. The third kappa shape index (κ3) is 5.05. The van der Waals surface area contributed by atoms with Crippen molar-refractivity contribution in [3.63, 3.8) is 0 Å². The number of carbonyl (C=O) groups is 1. The summed E-state index contributed by atoms with van der Waals surface area (Å²) in [5.74, 6) is 0.442. The third-order valence-electron chi connectivity index (χ3n) is 6.65. The first kappa shape index (κ1) is 23.8. The van der Waals surface area contributed by atoms with Crippen LogP contribution in [0.25, 0.3) is 22.2 Å². The van der Waals surface area contributed by atoms with Gasteiger partial charge < -0.3 is 10.6 Å². The van der Waals surface area contributed by atoms with Crippen molar-refractivity contribution in [1.29, 1.82) is 0 Å². The van der Waals surface area contributed by atoms with Crippen LogP contribution >= 0.6 is 0 Å². The molecule has 36 heavy (non-hydrogen) atoms. The fraction of sp³-hybridized carbons (Fsp3) is 0.296. The molecule has 0 atom stereocenters. The predicted molar refractivity (Wildman–Crippen MR) is 134 cm³/mol. The van der Waals surface area contributed by atoms with Crippen molar-refractivity contribution in [3.8, 4) is 11.1 Å². The summed E-state index contributed by atoms with van der Waals surface area (Å²) in [6.07, 6.45) is 3.32. The molecule has 1 aliphatic carbocycles. The summed E-state index contributed by atoms with van der Waals surface area (Å²) in [6, 6.07) is 13.4. The molecule has 0 radical (unpaired) electrons. The maximum atomic E-state index is 12.9. The Morgan fingerprint density at radius 3 is 2.42 bits per heavy atom. The van der Waals surface area contributed by atoms with E-state index in [0.717, 1.165) is 52.8 Å². The number of pyridine rings is 1. The Balaban J connectivity index is 1.35. The van der Waals surface area contributed by atoms with Crippen molar-refractivity contribution in [2.24, 2.45) is 7.05 Å². The molecule has 2 heterocycles. The van der Waals surface area contributed by atoms with Gasteiger partial charge in [-0.05, 0) is 60.4 Å². The lowest BCUT2D eigenvalue weighted by atomic mass is 9.85. The van der Waals surface area contributed by atoms with Crippen molar-refractivity contribution in [2.75, 3.05) is 10.6 Å². The van der Waals surface area contributed by atoms with Gasteiger partial charge in [0.25, 0.3) is 0 Å². The molecule has 0 bridgehead atoms. The van der Waals surface area contributed by atoms with Crippen molar-refractivity contribution in [1.82, 2.24) is 14.8 Å². The number of nitrogens with zero attached hydrogens (tertiary/aromatic N) is 3. The molecule has 0 spiro atoms. The number of urea groups is 1. The maximum absolute atomic E-state index is 12.9. The van der Waals surface area contributed by atoms with Crippen LogP contribution in [0.4, 0.5) is 29.3 Å². The highest BCUT2D eigenvalue weighted by Gasteiger charge is 2.30. The molecule has 0 aliphatic heterocycles. The van der Waals surface area contributed by atoms with Crippen molar-refractivity contribution >= 4 is 28.4 Å². The van der Waals surface area contributed by atoms with Gasteiger partial charge in [0.1, 0.15) is 0 Å². The first-order valence-electron chi connectivity index (χ1n) is 12.0. The van der Waals surface area contributed by atoms with Crippen LogP contribution in [0.3, 0.4) is 0 Å². The minimum atomic E-state index is -4.48. The summed E-state index contributed by atoms with van der Waals surface area (Å²) in [5.41, 5.74) is 3.69. The van der Waals surface area contributed by atoms with Crippen LogP contribution in [0.15, 0.2) is 60.8 Å². The second-order valence-corrected chi connectivity index (χ2v) is 9.17. The van der Waals surface area contributed by atoms with Gasteiger partial charge in [0.05, 0.1) is 11.8 Å². The average molecular weight is 494 g/mol. The molecule has 5 rings (SSSR count). The molecule has 9 heteroatoms. The molecule has 186 valence electrons. The largest absolute Gasteiger partial charge is 0.416 e. The Kier molecular flexibility index (Phi) is 6.38. The van der Waals surface area contributed by atoms with E-state index in [9.17, 15) is 18.0 Å². The predicted octanol–water partition coefficient (Wildman–Crippen LogP) is 7.35. The molecule has 1 fully saturated rings. The van der Waals surface area contributed by atoms with Crippen LogP contribution in [0.5, 0.6) is 0 Å². The van der Waals surface area contributed by atoms with Gasteiger partial charge in [-0.15, -0.1) is 0 Å². The normalized spacial score (nSPS) is 14.7. The summed E-state index contributed by atoms with van der Waals surface area (Å²) in [5, 5.41) is 10.5. The van der Waals surface area contributed by atoms with Gasteiger partial charge in [0.15, 0.2) is 5.65 Å². The molecule has 2 amide bonds. The first-order valence-corrected chi connectivity index (χ1v) is 12.0. The number of carbonyl (C=O) groups excluding carboxylic acids is 1. The van der Waals surface area contributed by atoms with E-state index in [4.69, 9.17) is 4.98 Å². The summed E-state index contributed by atoms with van der Waals surface area (Å²) < 4.78 is 40.6. The number of nitrogens with one attached hydrogen (secondary N) is 2. The lowest BCUT2D eigenvalue weighted by Gasteiger charge is -2.22. The van der Waals surface area contributed by atoms with E-state index >= 15 is 0 Å². The van der Waals surface area contributed by atoms with E-state index in [0.29, 0.717) is 11.6 Å². The molecule has 1 aliphatic rings. The minimum Gasteiger partial charge on any atom is -0.308 e. The fourth-order valence-corrected chi connectivity index (χ4v) is 4.78. The van der Waals surface area contributed by atoms with E-state index < -0.39 is 17.8 Å². The Morgan fingerprint density at radius 1 is 0.972 bits per heavy atom. The molecule has 4 aromatic rings. The lowest BCUT2D eigenvalue weighted by Crippen LogP contribution is -2.19.